The van der Waals surface area contributed by atoms with Crippen LogP contribution in [0.5, 0.6) is 0 Å². The fourth-order valence-electron chi connectivity index (χ4n) is 1.17. The molecule has 1 aromatic rings. The van der Waals surface area contributed by atoms with E-state index in [1.807, 2.05) is 6.92 Å². The minimum atomic E-state index is -0.519. The normalized spacial score (nSPS) is 12.0. The van der Waals surface area contributed by atoms with Crippen LogP contribution >= 0.6 is 11.8 Å². The summed E-state index contributed by atoms with van der Waals surface area (Å²) in [7, 11) is 1.32. The lowest BCUT2D eigenvalue weighted by Crippen LogP contribution is -2.16. The second-order valence-electron chi connectivity index (χ2n) is 3.64. The van der Waals surface area contributed by atoms with Crippen LogP contribution < -0.4 is 5.32 Å². The summed E-state index contributed by atoms with van der Waals surface area (Å²) in [5, 5.41) is 3.65. The highest BCUT2D eigenvalue weighted by Gasteiger charge is 2.11. The van der Waals surface area contributed by atoms with Crippen molar-refractivity contribution in [3.8, 4) is 0 Å². The first-order valence-electron chi connectivity index (χ1n) is 5.27. The number of carbonyl (C=O) groups is 1. The molecule has 5 nitrogen and oxygen atoms in total. The molecule has 0 amide bonds. The third kappa shape index (κ3) is 4.22. The third-order valence-electron chi connectivity index (χ3n) is 2.20. The number of hydrogen-bond acceptors (Lipinski definition) is 6. The smallest absolute Gasteiger partial charge is 0.376 e. The van der Waals surface area contributed by atoms with E-state index in [9.17, 15) is 4.79 Å². The Morgan fingerprint density at radius 1 is 1.59 bits per heavy atom. The molecule has 0 aliphatic rings. The number of rotatable bonds is 5. The van der Waals surface area contributed by atoms with E-state index in [1.165, 1.54) is 7.11 Å². The molecule has 1 rings (SSSR count). The molecule has 0 bridgehead atoms. The molecule has 0 spiro atoms. The summed E-state index contributed by atoms with van der Waals surface area (Å²) in [6, 6.07) is 1.81. The van der Waals surface area contributed by atoms with Crippen LogP contribution in [0.1, 0.15) is 23.2 Å². The maximum Gasteiger partial charge on any atom is 0.376 e. The monoisotopic (exact) mass is 255 g/mol. The summed E-state index contributed by atoms with van der Waals surface area (Å²) < 4.78 is 4.60. The number of aryl methyl sites for hydroxylation is 1. The van der Waals surface area contributed by atoms with Gasteiger partial charge in [-0.15, -0.1) is 0 Å². The Kier molecular flexibility index (Phi) is 5.21. The van der Waals surface area contributed by atoms with E-state index in [2.05, 4.69) is 33.2 Å². The summed E-state index contributed by atoms with van der Waals surface area (Å²) in [5.41, 5.74) is 0.736. The van der Waals surface area contributed by atoms with Gasteiger partial charge in [-0.2, -0.15) is 11.8 Å². The first kappa shape index (κ1) is 13.8. The Labute approximate surface area is 105 Å². The van der Waals surface area contributed by atoms with Crippen molar-refractivity contribution in [1.29, 1.82) is 0 Å². The van der Waals surface area contributed by atoms with Crippen LogP contribution in [-0.4, -0.2) is 41.1 Å². The number of anilines is 1. The van der Waals surface area contributed by atoms with Gasteiger partial charge in [0.2, 0.25) is 5.82 Å². The second-order valence-corrected chi connectivity index (χ2v) is 4.91. The van der Waals surface area contributed by atoms with E-state index in [1.54, 1.807) is 17.8 Å². The highest BCUT2D eigenvalue weighted by molar-refractivity contribution is 7.99. The average Bonchev–Trinajstić information content (AvgIpc) is 2.34. The zero-order chi connectivity index (χ0) is 12.8. The molecule has 17 heavy (non-hydrogen) atoms. The molecule has 0 aliphatic heterocycles. The van der Waals surface area contributed by atoms with Crippen LogP contribution in [0.4, 0.5) is 5.82 Å². The molecule has 1 atom stereocenters. The second kappa shape index (κ2) is 6.44. The van der Waals surface area contributed by atoms with Crippen molar-refractivity contribution < 1.29 is 9.53 Å². The maximum atomic E-state index is 11.3. The van der Waals surface area contributed by atoms with Crippen molar-refractivity contribution in [3.63, 3.8) is 0 Å². The molecule has 1 unspecified atom stereocenters. The van der Waals surface area contributed by atoms with Gasteiger partial charge >= 0.3 is 5.97 Å². The molecule has 1 aromatic heterocycles. The summed E-state index contributed by atoms with van der Waals surface area (Å²) in [6.07, 6.45) is 2.05. The van der Waals surface area contributed by atoms with E-state index in [0.29, 0.717) is 11.1 Å². The van der Waals surface area contributed by atoms with E-state index >= 15 is 0 Å². The highest BCUT2D eigenvalue weighted by Crippen LogP contribution is 2.10. The van der Waals surface area contributed by atoms with Gasteiger partial charge in [0.25, 0.3) is 0 Å². The lowest BCUT2D eigenvalue weighted by Gasteiger charge is -2.11. The van der Waals surface area contributed by atoms with Gasteiger partial charge in [-0.25, -0.2) is 14.8 Å². The van der Waals surface area contributed by atoms with Gasteiger partial charge in [0, 0.05) is 23.6 Å². The van der Waals surface area contributed by atoms with Crippen LogP contribution in [-0.2, 0) is 4.74 Å². The standard InChI is InChI=1S/C11H17N3O2S/c1-7-5-9(12-6-8(2)17-4)14-10(13-7)11(15)16-3/h5,8H,6H2,1-4H3,(H,12,13,14). The fourth-order valence-corrected chi connectivity index (χ4v) is 1.42. The minimum Gasteiger partial charge on any atom is -0.463 e. The molecule has 0 aliphatic carbocycles. The van der Waals surface area contributed by atoms with Crippen LogP contribution in [0.25, 0.3) is 0 Å². The third-order valence-corrected chi connectivity index (χ3v) is 3.17. The molecular weight excluding hydrogens is 238 g/mol. The number of nitrogens with zero attached hydrogens (tertiary/aromatic N) is 2. The van der Waals surface area contributed by atoms with Gasteiger partial charge in [0.05, 0.1) is 7.11 Å². The largest absolute Gasteiger partial charge is 0.463 e. The molecule has 0 fully saturated rings. The van der Waals surface area contributed by atoms with Gasteiger partial charge in [-0.3, -0.25) is 0 Å². The van der Waals surface area contributed by atoms with Crippen LogP contribution in [0.3, 0.4) is 0 Å². The Hall–Kier alpha value is -1.30. The van der Waals surface area contributed by atoms with Gasteiger partial charge in [-0.05, 0) is 13.2 Å². The minimum absolute atomic E-state index is 0.0896. The summed E-state index contributed by atoms with van der Waals surface area (Å²) in [4.78, 5) is 19.5. The predicted molar refractivity (Wildman–Crippen MR) is 69.6 cm³/mol. The van der Waals surface area contributed by atoms with E-state index < -0.39 is 5.97 Å². The fraction of sp³-hybridized carbons (Fsp3) is 0.545. The van der Waals surface area contributed by atoms with Crippen molar-refractivity contribution in [3.05, 3.63) is 17.6 Å². The summed E-state index contributed by atoms with van der Waals surface area (Å²) >= 11 is 1.77. The van der Waals surface area contributed by atoms with Crippen molar-refractivity contribution in [1.82, 2.24) is 9.97 Å². The molecule has 0 radical (unpaired) electrons. The Balaban J connectivity index is 2.79. The topological polar surface area (TPSA) is 64.1 Å². The summed E-state index contributed by atoms with van der Waals surface area (Å²) in [5.74, 6) is 0.222. The molecular formula is C11H17N3O2S. The Morgan fingerprint density at radius 2 is 2.29 bits per heavy atom. The number of ether oxygens (including phenoxy) is 1. The lowest BCUT2D eigenvalue weighted by atomic mass is 10.4. The SMILES string of the molecule is COC(=O)c1nc(C)cc(NCC(C)SC)n1. The van der Waals surface area contributed by atoms with Crippen molar-refractivity contribution in [2.75, 3.05) is 25.2 Å². The molecule has 1 N–H and O–H groups in total. The van der Waals surface area contributed by atoms with E-state index in [0.717, 1.165) is 12.2 Å². The van der Waals surface area contributed by atoms with Crippen LogP contribution in [0.15, 0.2) is 6.07 Å². The number of thioether (sulfide) groups is 1. The quantitative estimate of drug-likeness (QED) is 0.808. The molecule has 94 valence electrons. The molecule has 1 heterocycles. The predicted octanol–water partition coefficient (Wildman–Crippen LogP) is 1.74. The highest BCUT2D eigenvalue weighted by atomic mass is 32.2. The molecule has 0 saturated heterocycles. The zero-order valence-electron chi connectivity index (χ0n) is 10.5. The lowest BCUT2D eigenvalue weighted by molar-refractivity contribution is 0.0586. The van der Waals surface area contributed by atoms with Crippen molar-refractivity contribution >= 4 is 23.5 Å². The Morgan fingerprint density at radius 3 is 2.88 bits per heavy atom. The van der Waals surface area contributed by atoms with E-state index in [-0.39, 0.29) is 5.82 Å². The van der Waals surface area contributed by atoms with Gasteiger partial charge in [0.1, 0.15) is 5.82 Å². The molecule has 0 saturated carbocycles. The number of aromatic nitrogens is 2. The first-order valence-corrected chi connectivity index (χ1v) is 6.56. The number of nitrogens with one attached hydrogen (secondary N) is 1. The molecule has 6 heteroatoms. The number of methoxy groups -OCH3 is 1. The molecule has 0 aromatic carbocycles. The van der Waals surface area contributed by atoms with E-state index in [4.69, 9.17) is 0 Å². The van der Waals surface area contributed by atoms with Crippen molar-refractivity contribution in [2.24, 2.45) is 0 Å². The number of hydrogen-bond donors (Lipinski definition) is 1. The van der Waals surface area contributed by atoms with Gasteiger partial charge in [-0.1, -0.05) is 6.92 Å². The van der Waals surface area contributed by atoms with Crippen molar-refractivity contribution in [2.45, 2.75) is 19.1 Å². The van der Waals surface area contributed by atoms with Gasteiger partial charge < -0.3 is 10.1 Å². The first-order chi connectivity index (χ1) is 8.06. The van der Waals surface area contributed by atoms with Gasteiger partial charge in [0.15, 0.2) is 0 Å². The van der Waals surface area contributed by atoms with Crippen LogP contribution in [0, 0.1) is 6.92 Å². The number of carbonyl (C=O) groups excluding carboxylic acids is 1. The maximum absolute atomic E-state index is 11.3. The summed E-state index contributed by atoms with van der Waals surface area (Å²) in [6.45, 7) is 4.72. The Bertz CT molecular complexity index is 398. The average molecular weight is 255 g/mol. The van der Waals surface area contributed by atoms with Crippen LogP contribution in [0.2, 0.25) is 0 Å². The number of esters is 1. The zero-order valence-corrected chi connectivity index (χ0v) is 11.3.